The van der Waals surface area contributed by atoms with Crippen LogP contribution in [0, 0.1) is 4.91 Å². The molecule has 0 aliphatic carbocycles. The number of hydrogen-bond acceptors (Lipinski definition) is 7. The van der Waals surface area contributed by atoms with Gasteiger partial charge < -0.3 is 15.2 Å². The minimum absolute atomic E-state index is 0.222. The van der Waals surface area contributed by atoms with Crippen LogP contribution in [-0.2, 0) is 6.54 Å². The second-order valence-corrected chi connectivity index (χ2v) is 6.49. The first-order chi connectivity index (χ1) is 12.6. The Morgan fingerprint density at radius 1 is 1.12 bits per heavy atom. The van der Waals surface area contributed by atoms with Crippen molar-refractivity contribution in [3.8, 4) is 0 Å². The van der Waals surface area contributed by atoms with Crippen LogP contribution in [0.5, 0.6) is 0 Å². The van der Waals surface area contributed by atoms with Gasteiger partial charge in [-0.1, -0.05) is 35.5 Å². The number of aromatic nitrogens is 4. The van der Waals surface area contributed by atoms with Crippen LogP contribution in [-0.4, -0.2) is 32.1 Å². The minimum Gasteiger partial charge on any atom is -0.364 e. The average Bonchev–Trinajstić information content (AvgIpc) is 3.09. The highest BCUT2D eigenvalue weighted by atomic mass is 16.3. The van der Waals surface area contributed by atoms with E-state index in [0.29, 0.717) is 24.9 Å². The van der Waals surface area contributed by atoms with Gasteiger partial charge in [-0.25, -0.2) is 4.98 Å². The Kier molecular flexibility index (Phi) is 5.40. The molecule has 0 amide bonds. The molecule has 2 aromatic heterocycles. The molecular formula is C18H23N7O. The molecule has 0 spiro atoms. The van der Waals surface area contributed by atoms with Gasteiger partial charge in [0.25, 0.3) is 0 Å². The standard InChI is InChI=1S/C18H23N7O/c1-12(2)25-11-21-15-16(19-10-14-7-5-4-6-8-14)22-18(23-17(15)25)20-9-13(3)24-26/h4-8,11-13H,9-10H2,1-3H3,(H2,19,20,22,23). The van der Waals surface area contributed by atoms with Crippen molar-refractivity contribution in [1.82, 2.24) is 19.5 Å². The van der Waals surface area contributed by atoms with Gasteiger partial charge in [-0.3, -0.25) is 0 Å². The Bertz CT molecular complexity index is 876. The lowest BCUT2D eigenvalue weighted by Gasteiger charge is -2.12. The smallest absolute Gasteiger partial charge is 0.226 e. The number of benzene rings is 1. The predicted molar refractivity (Wildman–Crippen MR) is 103 cm³/mol. The Balaban J connectivity index is 1.92. The number of anilines is 2. The largest absolute Gasteiger partial charge is 0.364 e. The van der Waals surface area contributed by atoms with E-state index in [1.165, 1.54) is 0 Å². The molecule has 1 aromatic carbocycles. The second-order valence-electron chi connectivity index (χ2n) is 6.49. The van der Waals surface area contributed by atoms with Gasteiger partial charge in [-0.05, 0) is 26.3 Å². The number of nitrogens with zero attached hydrogens (tertiary/aromatic N) is 5. The van der Waals surface area contributed by atoms with E-state index < -0.39 is 0 Å². The summed E-state index contributed by atoms with van der Waals surface area (Å²) in [5.74, 6) is 1.11. The zero-order chi connectivity index (χ0) is 18.5. The summed E-state index contributed by atoms with van der Waals surface area (Å²) in [4.78, 5) is 24.2. The molecule has 3 rings (SSSR count). The first-order valence-electron chi connectivity index (χ1n) is 8.67. The van der Waals surface area contributed by atoms with Gasteiger partial charge >= 0.3 is 0 Å². The topological polar surface area (TPSA) is 97.1 Å². The van der Waals surface area contributed by atoms with Crippen molar-refractivity contribution < 1.29 is 0 Å². The molecule has 2 heterocycles. The molecule has 0 aliphatic heterocycles. The summed E-state index contributed by atoms with van der Waals surface area (Å²) in [6.07, 6.45) is 1.77. The zero-order valence-electron chi connectivity index (χ0n) is 15.2. The Hall–Kier alpha value is -3.03. The molecule has 0 aliphatic rings. The fourth-order valence-electron chi connectivity index (χ4n) is 2.55. The maximum atomic E-state index is 10.6. The molecule has 8 heteroatoms. The van der Waals surface area contributed by atoms with Gasteiger partial charge in [-0.2, -0.15) is 14.9 Å². The fourth-order valence-corrected chi connectivity index (χ4v) is 2.55. The lowest BCUT2D eigenvalue weighted by Crippen LogP contribution is -2.16. The molecule has 1 unspecified atom stereocenters. The molecule has 8 nitrogen and oxygen atoms in total. The lowest BCUT2D eigenvalue weighted by molar-refractivity contribution is 0.612. The predicted octanol–water partition coefficient (Wildman–Crippen LogP) is 3.59. The van der Waals surface area contributed by atoms with Crippen molar-refractivity contribution in [3.63, 3.8) is 0 Å². The van der Waals surface area contributed by atoms with E-state index in [4.69, 9.17) is 0 Å². The van der Waals surface area contributed by atoms with Crippen LogP contribution in [0.4, 0.5) is 11.8 Å². The zero-order valence-corrected chi connectivity index (χ0v) is 15.2. The fraction of sp³-hybridized carbons (Fsp3) is 0.389. The number of nitrogens with one attached hydrogen (secondary N) is 2. The van der Waals surface area contributed by atoms with Crippen LogP contribution >= 0.6 is 0 Å². The summed E-state index contributed by atoms with van der Waals surface area (Å²) in [6, 6.07) is 9.96. The van der Waals surface area contributed by atoms with E-state index in [2.05, 4.69) is 56.7 Å². The molecule has 3 aromatic rings. The Labute approximate surface area is 152 Å². The van der Waals surface area contributed by atoms with Gasteiger partial charge in [0, 0.05) is 19.1 Å². The van der Waals surface area contributed by atoms with Crippen molar-refractivity contribution in [3.05, 3.63) is 47.1 Å². The molecule has 0 saturated carbocycles. The summed E-state index contributed by atoms with van der Waals surface area (Å²) < 4.78 is 2.00. The highest BCUT2D eigenvalue weighted by Gasteiger charge is 2.15. The summed E-state index contributed by atoms with van der Waals surface area (Å²) in [6.45, 7) is 6.90. The second kappa shape index (κ2) is 7.90. The molecule has 0 fully saturated rings. The lowest BCUT2D eigenvalue weighted by atomic mass is 10.2. The highest BCUT2D eigenvalue weighted by molar-refractivity contribution is 5.84. The molecule has 1 atom stereocenters. The first kappa shape index (κ1) is 17.8. The van der Waals surface area contributed by atoms with Gasteiger partial charge in [0.2, 0.25) is 5.95 Å². The quantitative estimate of drug-likeness (QED) is 0.601. The maximum Gasteiger partial charge on any atom is 0.226 e. The van der Waals surface area contributed by atoms with Crippen LogP contribution in [0.15, 0.2) is 41.8 Å². The third-order valence-corrected chi connectivity index (χ3v) is 4.02. The molecule has 0 saturated heterocycles. The van der Waals surface area contributed by atoms with Crippen LogP contribution < -0.4 is 10.6 Å². The third-order valence-electron chi connectivity index (χ3n) is 4.02. The van der Waals surface area contributed by atoms with E-state index in [1.807, 2.05) is 22.8 Å². The van der Waals surface area contributed by atoms with Crippen molar-refractivity contribution in [2.45, 2.75) is 39.4 Å². The molecule has 0 bridgehead atoms. The van der Waals surface area contributed by atoms with Crippen LogP contribution in [0.2, 0.25) is 0 Å². The summed E-state index contributed by atoms with van der Waals surface area (Å²) in [7, 11) is 0. The molecule has 136 valence electrons. The van der Waals surface area contributed by atoms with Crippen molar-refractivity contribution in [1.29, 1.82) is 0 Å². The van der Waals surface area contributed by atoms with Gasteiger partial charge in [0.05, 0.1) is 6.33 Å². The summed E-state index contributed by atoms with van der Waals surface area (Å²) >= 11 is 0. The number of rotatable bonds is 8. The monoisotopic (exact) mass is 353 g/mol. The molecule has 26 heavy (non-hydrogen) atoms. The highest BCUT2D eigenvalue weighted by Crippen LogP contribution is 2.23. The number of imidazole rings is 1. The molecule has 0 radical (unpaired) electrons. The van der Waals surface area contributed by atoms with E-state index in [1.54, 1.807) is 13.3 Å². The number of fused-ring (bicyclic) bond motifs is 1. The van der Waals surface area contributed by atoms with Crippen LogP contribution in [0.25, 0.3) is 11.2 Å². The van der Waals surface area contributed by atoms with Gasteiger partial charge in [0.1, 0.15) is 6.04 Å². The SMILES string of the molecule is CC(CNc1nc(NCc2ccccc2)c2ncn(C(C)C)c2n1)N=O. The number of nitroso groups, excluding NO2 is 1. The van der Waals surface area contributed by atoms with E-state index in [0.717, 1.165) is 16.7 Å². The van der Waals surface area contributed by atoms with E-state index >= 15 is 0 Å². The molecular weight excluding hydrogens is 330 g/mol. The summed E-state index contributed by atoms with van der Waals surface area (Å²) in [5.41, 5.74) is 2.62. The van der Waals surface area contributed by atoms with Crippen molar-refractivity contribution >= 4 is 22.9 Å². The Morgan fingerprint density at radius 2 is 1.88 bits per heavy atom. The van der Waals surface area contributed by atoms with Gasteiger partial charge in [0.15, 0.2) is 17.0 Å². The van der Waals surface area contributed by atoms with Gasteiger partial charge in [-0.15, -0.1) is 0 Å². The van der Waals surface area contributed by atoms with Crippen LogP contribution in [0.3, 0.4) is 0 Å². The van der Waals surface area contributed by atoms with Crippen molar-refractivity contribution in [2.75, 3.05) is 17.2 Å². The van der Waals surface area contributed by atoms with Crippen molar-refractivity contribution in [2.24, 2.45) is 5.18 Å². The van der Waals surface area contributed by atoms with E-state index in [-0.39, 0.29) is 12.1 Å². The first-order valence-corrected chi connectivity index (χ1v) is 8.67. The normalized spacial score (nSPS) is 12.3. The van der Waals surface area contributed by atoms with Crippen LogP contribution in [0.1, 0.15) is 32.4 Å². The number of hydrogen-bond donors (Lipinski definition) is 2. The average molecular weight is 353 g/mol. The maximum absolute atomic E-state index is 10.6. The minimum atomic E-state index is -0.356. The van der Waals surface area contributed by atoms with E-state index in [9.17, 15) is 4.91 Å². The Morgan fingerprint density at radius 3 is 2.58 bits per heavy atom. The third kappa shape index (κ3) is 3.96. The molecule has 2 N–H and O–H groups in total. The summed E-state index contributed by atoms with van der Waals surface area (Å²) in [5, 5.41) is 9.43.